The van der Waals surface area contributed by atoms with Crippen molar-refractivity contribution in [2.45, 2.75) is 27.4 Å². The van der Waals surface area contributed by atoms with Crippen molar-refractivity contribution in [2.75, 3.05) is 6.61 Å². The number of hydrogen-bond donors (Lipinski definition) is 0. The number of hydrogen-bond acceptors (Lipinski definition) is 6. The molecule has 0 spiro atoms. The Balaban J connectivity index is 1.53. The van der Waals surface area contributed by atoms with Gasteiger partial charge in [-0.15, -0.1) is 0 Å². The van der Waals surface area contributed by atoms with Crippen LogP contribution in [0, 0.1) is 20.8 Å². The first-order valence-corrected chi connectivity index (χ1v) is 8.26. The highest BCUT2D eigenvalue weighted by atomic mass is 16.6. The summed E-state index contributed by atoms with van der Waals surface area (Å²) in [5.74, 6) is 0.850. The van der Waals surface area contributed by atoms with Crippen LogP contribution in [0.25, 0.3) is 11.4 Å². The molecule has 0 amide bonds. The number of carbonyl (C=O) groups is 1. The molecule has 1 aromatic heterocycles. The molecule has 3 aromatic rings. The van der Waals surface area contributed by atoms with Crippen LogP contribution in [0.2, 0.25) is 0 Å². The molecular weight excluding hydrogens is 332 g/mol. The highest BCUT2D eigenvalue weighted by molar-refractivity contribution is 5.71. The summed E-state index contributed by atoms with van der Waals surface area (Å²) in [6.45, 7) is 5.64. The fraction of sp³-hybridized carbons (Fsp3) is 0.250. The first kappa shape index (κ1) is 17.7. The monoisotopic (exact) mass is 352 g/mol. The van der Waals surface area contributed by atoms with E-state index in [2.05, 4.69) is 10.1 Å². The minimum absolute atomic E-state index is 0.0894. The lowest BCUT2D eigenvalue weighted by Gasteiger charge is -2.07. The molecule has 134 valence electrons. The van der Waals surface area contributed by atoms with Crippen LogP contribution in [0.1, 0.15) is 22.6 Å². The molecule has 0 aliphatic carbocycles. The van der Waals surface area contributed by atoms with Crippen LogP contribution in [0.15, 0.2) is 47.0 Å². The van der Waals surface area contributed by atoms with E-state index in [1.807, 2.05) is 63.2 Å². The lowest BCUT2D eigenvalue weighted by atomic mass is 10.1. The normalized spacial score (nSPS) is 10.6. The van der Waals surface area contributed by atoms with E-state index in [-0.39, 0.29) is 19.1 Å². The Morgan fingerprint density at radius 3 is 2.54 bits per heavy atom. The highest BCUT2D eigenvalue weighted by Crippen LogP contribution is 2.20. The number of nitrogens with zero attached hydrogens (tertiary/aromatic N) is 2. The smallest absolute Gasteiger partial charge is 0.344 e. The second kappa shape index (κ2) is 7.82. The van der Waals surface area contributed by atoms with Crippen molar-refractivity contribution < 1.29 is 18.8 Å². The quantitative estimate of drug-likeness (QED) is 0.629. The zero-order valence-electron chi connectivity index (χ0n) is 15.0. The molecule has 26 heavy (non-hydrogen) atoms. The van der Waals surface area contributed by atoms with Crippen molar-refractivity contribution >= 4 is 5.97 Å². The Bertz CT molecular complexity index is 897. The number of rotatable bonds is 6. The Kier molecular flexibility index (Phi) is 5.31. The van der Waals surface area contributed by atoms with Crippen molar-refractivity contribution in [1.29, 1.82) is 0 Å². The molecule has 1 heterocycles. The van der Waals surface area contributed by atoms with Crippen LogP contribution < -0.4 is 4.74 Å². The Labute approximate surface area is 151 Å². The zero-order chi connectivity index (χ0) is 18.5. The molecule has 0 unspecified atom stereocenters. The molecule has 0 saturated heterocycles. The molecule has 0 aliphatic rings. The third-order valence-corrected chi connectivity index (χ3v) is 3.76. The van der Waals surface area contributed by atoms with E-state index in [4.69, 9.17) is 14.0 Å². The van der Waals surface area contributed by atoms with Gasteiger partial charge in [-0.05, 0) is 49.6 Å². The average Bonchev–Trinajstić information content (AvgIpc) is 3.06. The number of ether oxygens (including phenoxy) is 2. The third-order valence-electron chi connectivity index (χ3n) is 3.76. The fourth-order valence-electron chi connectivity index (χ4n) is 2.59. The van der Waals surface area contributed by atoms with Gasteiger partial charge < -0.3 is 14.0 Å². The third kappa shape index (κ3) is 4.47. The van der Waals surface area contributed by atoms with Crippen LogP contribution in [-0.2, 0) is 16.1 Å². The summed E-state index contributed by atoms with van der Waals surface area (Å²) in [6, 6.07) is 13.5. The van der Waals surface area contributed by atoms with Gasteiger partial charge in [-0.3, -0.25) is 0 Å². The molecule has 0 saturated carbocycles. The van der Waals surface area contributed by atoms with E-state index in [0.717, 1.165) is 22.3 Å². The first-order chi connectivity index (χ1) is 12.5. The van der Waals surface area contributed by atoms with Gasteiger partial charge in [0.05, 0.1) is 0 Å². The summed E-state index contributed by atoms with van der Waals surface area (Å²) in [4.78, 5) is 16.1. The lowest BCUT2D eigenvalue weighted by Crippen LogP contribution is -2.15. The first-order valence-electron chi connectivity index (χ1n) is 8.26. The van der Waals surface area contributed by atoms with E-state index < -0.39 is 5.97 Å². The molecule has 0 N–H and O–H groups in total. The molecule has 2 aromatic carbocycles. The summed E-state index contributed by atoms with van der Waals surface area (Å²) in [5, 5.41) is 3.93. The van der Waals surface area contributed by atoms with Crippen LogP contribution >= 0.6 is 0 Å². The van der Waals surface area contributed by atoms with Gasteiger partial charge in [0.25, 0.3) is 5.89 Å². The minimum Gasteiger partial charge on any atom is -0.482 e. The largest absolute Gasteiger partial charge is 0.482 e. The number of aromatic nitrogens is 2. The fourth-order valence-corrected chi connectivity index (χ4v) is 2.59. The summed E-state index contributed by atoms with van der Waals surface area (Å²) in [6.07, 6.45) is 0. The topological polar surface area (TPSA) is 74.5 Å². The Morgan fingerprint density at radius 1 is 1.08 bits per heavy atom. The molecule has 0 atom stereocenters. The predicted molar refractivity (Wildman–Crippen MR) is 95.7 cm³/mol. The van der Waals surface area contributed by atoms with Gasteiger partial charge in [-0.2, -0.15) is 4.98 Å². The van der Waals surface area contributed by atoms with Crippen molar-refractivity contribution in [3.8, 4) is 17.1 Å². The number of aryl methyl sites for hydroxylation is 3. The second-order valence-electron chi connectivity index (χ2n) is 6.10. The van der Waals surface area contributed by atoms with Crippen molar-refractivity contribution in [3.63, 3.8) is 0 Å². The van der Waals surface area contributed by atoms with Gasteiger partial charge in [0.2, 0.25) is 5.82 Å². The molecule has 6 nitrogen and oxygen atoms in total. The van der Waals surface area contributed by atoms with E-state index in [0.29, 0.717) is 11.6 Å². The Morgan fingerprint density at radius 2 is 1.81 bits per heavy atom. The van der Waals surface area contributed by atoms with E-state index in [9.17, 15) is 4.79 Å². The van der Waals surface area contributed by atoms with Gasteiger partial charge in [0, 0.05) is 5.56 Å². The van der Waals surface area contributed by atoms with Crippen LogP contribution in [0.3, 0.4) is 0 Å². The molecule has 0 bridgehead atoms. The number of esters is 1. The molecule has 3 rings (SSSR count). The summed E-state index contributed by atoms with van der Waals surface area (Å²) in [5.41, 5.74) is 4.07. The van der Waals surface area contributed by atoms with Crippen molar-refractivity contribution in [1.82, 2.24) is 10.1 Å². The van der Waals surface area contributed by atoms with E-state index >= 15 is 0 Å². The van der Waals surface area contributed by atoms with Gasteiger partial charge in [-0.25, -0.2) is 4.79 Å². The SMILES string of the molecule is Cc1cc(C)cc(OCC(=O)OCc2nc(-c3ccccc3C)no2)c1. The average molecular weight is 352 g/mol. The zero-order valence-corrected chi connectivity index (χ0v) is 15.0. The Hall–Kier alpha value is -3.15. The maximum atomic E-state index is 11.9. The summed E-state index contributed by atoms with van der Waals surface area (Å²) in [7, 11) is 0. The number of carbonyl (C=O) groups excluding carboxylic acids is 1. The summed E-state index contributed by atoms with van der Waals surface area (Å²) >= 11 is 0. The minimum atomic E-state index is -0.500. The van der Waals surface area contributed by atoms with Gasteiger partial charge in [-0.1, -0.05) is 35.5 Å². The molecule has 0 radical (unpaired) electrons. The van der Waals surface area contributed by atoms with Crippen molar-refractivity contribution in [2.24, 2.45) is 0 Å². The molecule has 0 fully saturated rings. The van der Waals surface area contributed by atoms with Crippen LogP contribution in [0.5, 0.6) is 5.75 Å². The van der Waals surface area contributed by atoms with E-state index in [1.165, 1.54) is 0 Å². The lowest BCUT2D eigenvalue weighted by molar-refractivity contribution is -0.148. The molecule has 6 heteroatoms. The van der Waals surface area contributed by atoms with Gasteiger partial charge >= 0.3 is 5.97 Å². The predicted octanol–water partition coefficient (Wildman–Crippen LogP) is 3.78. The standard InChI is InChI=1S/C20H20N2O4/c1-13-8-14(2)10-16(9-13)24-12-19(23)25-11-18-21-20(22-26-18)17-7-5-4-6-15(17)3/h4-10H,11-12H2,1-3H3. The second-order valence-corrected chi connectivity index (χ2v) is 6.10. The van der Waals surface area contributed by atoms with Gasteiger partial charge in [0.1, 0.15) is 5.75 Å². The van der Waals surface area contributed by atoms with Crippen LogP contribution in [0.4, 0.5) is 0 Å². The number of benzene rings is 2. The van der Waals surface area contributed by atoms with Gasteiger partial charge in [0.15, 0.2) is 13.2 Å². The van der Waals surface area contributed by atoms with Crippen LogP contribution in [-0.4, -0.2) is 22.7 Å². The maximum absolute atomic E-state index is 11.9. The van der Waals surface area contributed by atoms with Crippen molar-refractivity contribution in [3.05, 3.63) is 65.0 Å². The highest BCUT2D eigenvalue weighted by Gasteiger charge is 2.13. The van der Waals surface area contributed by atoms with E-state index in [1.54, 1.807) is 0 Å². The maximum Gasteiger partial charge on any atom is 0.344 e. The summed E-state index contributed by atoms with van der Waals surface area (Å²) < 4.78 is 15.7. The molecule has 0 aliphatic heterocycles. The molecular formula is C20H20N2O4.